The zero-order chi connectivity index (χ0) is 18.4. The van der Waals surface area contributed by atoms with Gasteiger partial charge in [0, 0.05) is 25.7 Å². The molecule has 1 saturated heterocycles. The molecule has 1 fully saturated rings. The van der Waals surface area contributed by atoms with Crippen molar-refractivity contribution in [1.29, 1.82) is 0 Å². The fourth-order valence-corrected chi connectivity index (χ4v) is 5.24. The average Bonchev–Trinajstić information content (AvgIpc) is 3.12. The van der Waals surface area contributed by atoms with E-state index in [1.165, 1.54) is 21.3 Å². The Balaban J connectivity index is 2.00. The quantitative estimate of drug-likeness (QED) is 0.736. The first kappa shape index (κ1) is 18.0. The molecule has 2 aliphatic rings. The molecular formula is C17H22N2O5S. The third-order valence-corrected chi connectivity index (χ3v) is 6.64. The summed E-state index contributed by atoms with van der Waals surface area (Å²) in [5.41, 5.74) is 0.626. The minimum Gasteiger partial charge on any atom is -0.383 e. The van der Waals surface area contributed by atoms with Crippen LogP contribution in [0.3, 0.4) is 0 Å². The summed E-state index contributed by atoms with van der Waals surface area (Å²) in [4.78, 5) is 25.9. The number of hydrogen-bond acceptors (Lipinski definition) is 5. The second kappa shape index (κ2) is 6.51. The van der Waals surface area contributed by atoms with Crippen LogP contribution in [0.15, 0.2) is 23.1 Å². The van der Waals surface area contributed by atoms with Crippen LogP contribution >= 0.6 is 0 Å². The number of rotatable bonds is 5. The SMILES string of the molecule is COCC1CCCN1S(=O)(=O)c1ccc2c(c1)C(=O)C(=O)N2C(C)C. The van der Waals surface area contributed by atoms with Crippen molar-refractivity contribution in [2.24, 2.45) is 0 Å². The molecule has 0 aliphatic carbocycles. The Kier molecular flexibility index (Phi) is 4.70. The van der Waals surface area contributed by atoms with Crippen LogP contribution in [0.5, 0.6) is 0 Å². The number of anilines is 1. The molecule has 0 N–H and O–H groups in total. The van der Waals surface area contributed by atoms with Crippen molar-refractivity contribution in [3.05, 3.63) is 23.8 Å². The van der Waals surface area contributed by atoms with Crippen molar-refractivity contribution in [3.63, 3.8) is 0 Å². The van der Waals surface area contributed by atoms with E-state index in [-0.39, 0.29) is 22.5 Å². The molecule has 25 heavy (non-hydrogen) atoms. The predicted molar refractivity (Wildman–Crippen MR) is 92.2 cm³/mol. The second-order valence-electron chi connectivity index (χ2n) is 6.64. The lowest BCUT2D eigenvalue weighted by atomic mass is 10.1. The number of carbonyl (C=O) groups is 2. The number of benzene rings is 1. The summed E-state index contributed by atoms with van der Waals surface area (Å²) in [6.45, 7) is 4.39. The van der Waals surface area contributed by atoms with Gasteiger partial charge >= 0.3 is 0 Å². The van der Waals surface area contributed by atoms with E-state index in [2.05, 4.69) is 0 Å². The van der Waals surface area contributed by atoms with Crippen LogP contribution in [0.25, 0.3) is 0 Å². The van der Waals surface area contributed by atoms with Gasteiger partial charge in [-0.15, -0.1) is 0 Å². The lowest BCUT2D eigenvalue weighted by Crippen LogP contribution is -2.38. The van der Waals surface area contributed by atoms with Gasteiger partial charge in [0.25, 0.3) is 11.7 Å². The zero-order valence-electron chi connectivity index (χ0n) is 14.6. The highest BCUT2D eigenvalue weighted by Gasteiger charge is 2.40. The van der Waals surface area contributed by atoms with Gasteiger partial charge in [-0.25, -0.2) is 8.42 Å². The van der Waals surface area contributed by atoms with Crippen molar-refractivity contribution in [1.82, 2.24) is 4.31 Å². The molecule has 0 spiro atoms. The monoisotopic (exact) mass is 366 g/mol. The number of sulfonamides is 1. The van der Waals surface area contributed by atoms with Crippen LogP contribution in [0, 0.1) is 0 Å². The Labute approximate surface area is 147 Å². The van der Waals surface area contributed by atoms with Gasteiger partial charge in [-0.1, -0.05) is 0 Å². The Morgan fingerprint density at radius 3 is 2.64 bits per heavy atom. The molecule has 2 heterocycles. The summed E-state index contributed by atoms with van der Waals surface area (Å²) in [5.74, 6) is -1.27. The van der Waals surface area contributed by atoms with Crippen LogP contribution in [0.1, 0.15) is 37.0 Å². The maximum Gasteiger partial charge on any atom is 0.299 e. The van der Waals surface area contributed by atoms with Gasteiger partial charge in [0.1, 0.15) is 0 Å². The number of fused-ring (bicyclic) bond motifs is 1. The fourth-order valence-electron chi connectivity index (χ4n) is 3.53. The van der Waals surface area contributed by atoms with Crippen LogP contribution in [-0.4, -0.2) is 56.8 Å². The predicted octanol–water partition coefficient (Wildman–Crippen LogP) is 1.42. The summed E-state index contributed by atoms with van der Waals surface area (Å²) >= 11 is 0. The van der Waals surface area contributed by atoms with E-state index in [0.29, 0.717) is 18.8 Å². The third-order valence-electron chi connectivity index (χ3n) is 4.69. The van der Waals surface area contributed by atoms with Gasteiger partial charge in [0.15, 0.2) is 0 Å². The molecule has 7 nitrogen and oxygen atoms in total. The van der Waals surface area contributed by atoms with Crippen molar-refractivity contribution in [3.8, 4) is 0 Å². The maximum absolute atomic E-state index is 13.0. The number of nitrogens with zero attached hydrogens (tertiary/aromatic N) is 2. The van der Waals surface area contributed by atoms with E-state index < -0.39 is 21.7 Å². The lowest BCUT2D eigenvalue weighted by Gasteiger charge is -2.24. The molecule has 136 valence electrons. The van der Waals surface area contributed by atoms with Crippen molar-refractivity contribution < 1.29 is 22.7 Å². The summed E-state index contributed by atoms with van der Waals surface area (Å²) in [6.07, 6.45) is 1.52. The van der Waals surface area contributed by atoms with Gasteiger partial charge < -0.3 is 9.64 Å². The number of ketones is 1. The van der Waals surface area contributed by atoms with E-state index in [0.717, 1.165) is 12.8 Å². The molecule has 1 aromatic carbocycles. The molecule has 0 saturated carbocycles. The second-order valence-corrected chi connectivity index (χ2v) is 8.53. The highest BCUT2D eigenvalue weighted by molar-refractivity contribution is 7.89. The molecule has 1 unspecified atom stereocenters. The van der Waals surface area contributed by atoms with Gasteiger partial charge in [-0.2, -0.15) is 4.31 Å². The number of ether oxygens (including phenoxy) is 1. The minimum absolute atomic E-state index is 0.0426. The summed E-state index contributed by atoms with van der Waals surface area (Å²) in [6, 6.07) is 3.97. The number of carbonyl (C=O) groups excluding carboxylic acids is 2. The Morgan fingerprint density at radius 1 is 1.28 bits per heavy atom. The van der Waals surface area contributed by atoms with Gasteiger partial charge in [0.05, 0.1) is 22.8 Å². The molecule has 0 aromatic heterocycles. The molecule has 1 atom stereocenters. The number of methoxy groups -OCH3 is 1. The van der Waals surface area contributed by atoms with Gasteiger partial charge in [-0.3, -0.25) is 9.59 Å². The Hall–Kier alpha value is -1.77. The van der Waals surface area contributed by atoms with Crippen molar-refractivity contribution in [2.75, 3.05) is 25.2 Å². The van der Waals surface area contributed by atoms with Crippen molar-refractivity contribution >= 4 is 27.4 Å². The first-order valence-electron chi connectivity index (χ1n) is 8.31. The molecular weight excluding hydrogens is 344 g/mol. The molecule has 2 aliphatic heterocycles. The zero-order valence-corrected chi connectivity index (χ0v) is 15.4. The van der Waals surface area contributed by atoms with Crippen LogP contribution < -0.4 is 4.90 Å². The topological polar surface area (TPSA) is 84.0 Å². The molecule has 1 aromatic rings. The molecule has 1 amide bonds. The van der Waals surface area contributed by atoms with Crippen LogP contribution in [-0.2, 0) is 19.6 Å². The molecule has 0 radical (unpaired) electrons. The van der Waals surface area contributed by atoms with E-state index >= 15 is 0 Å². The van der Waals surface area contributed by atoms with Crippen LogP contribution in [0.4, 0.5) is 5.69 Å². The highest BCUT2D eigenvalue weighted by Crippen LogP contribution is 2.34. The average molecular weight is 366 g/mol. The van der Waals surface area contributed by atoms with E-state index in [9.17, 15) is 18.0 Å². The number of Topliss-reactive ketones (excluding diaryl/α,β-unsaturated/α-hetero) is 1. The smallest absolute Gasteiger partial charge is 0.299 e. The standard InChI is InChI=1S/C17H22N2O5S/c1-11(2)19-15-7-6-13(9-14(15)16(20)17(19)21)25(22,23)18-8-4-5-12(18)10-24-3/h6-7,9,11-12H,4-5,8,10H2,1-3H3. The normalized spacial score (nSPS) is 21.4. The summed E-state index contributed by atoms with van der Waals surface area (Å²) in [7, 11) is -2.19. The number of amides is 1. The lowest BCUT2D eigenvalue weighted by molar-refractivity contribution is -0.114. The van der Waals surface area contributed by atoms with E-state index in [4.69, 9.17) is 4.74 Å². The molecule has 0 bridgehead atoms. The van der Waals surface area contributed by atoms with Gasteiger partial charge in [0.2, 0.25) is 10.0 Å². The van der Waals surface area contributed by atoms with Crippen molar-refractivity contribution in [2.45, 2.75) is 43.7 Å². The van der Waals surface area contributed by atoms with Gasteiger partial charge in [-0.05, 0) is 44.9 Å². The largest absolute Gasteiger partial charge is 0.383 e. The van der Waals surface area contributed by atoms with E-state index in [1.54, 1.807) is 13.2 Å². The van der Waals surface area contributed by atoms with E-state index in [1.807, 2.05) is 13.8 Å². The summed E-state index contributed by atoms with van der Waals surface area (Å²) < 4.78 is 32.5. The Bertz CT molecular complexity index is 818. The maximum atomic E-state index is 13.0. The van der Waals surface area contributed by atoms with Crippen LogP contribution in [0.2, 0.25) is 0 Å². The molecule has 8 heteroatoms. The molecule has 3 rings (SSSR count). The highest BCUT2D eigenvalue weighted by atomic mass is 32.2. The number of hydrogen-bond donors (Lipinski definition) is 0. The third kappa shape index (κ3) is 2.88. The minimum atomic E-state index is -3.74. The Morgan fingerprint density at radius 2 is 2.00 bits per heavy atom. The fraction of sp³-hybridized carbons (Fsp3) is 0.529. The first-order valence-corrected chi connectivity index (χ1v) is 9.75. The first-order chi connectivity index (χ1) is 11.8. The summed E-state index contributed by atoms with van der Waals surface area (Å²) in [5, 5.41) is 0.